The van der Waals surface area contributed by atoms with Gasteiger partial charge in [0.1, 0.15) is 0 Å². The highest BCUT2D eigenvalue weighted by atomic mass is 14.5. The highest BCUT2D eigenvalue weighted by Crippen LogP contribution is 2.55. The Hall–Kier alpha value is 0. The van der Waals surface area contributed by atoms with E-state index in [9.17, 15) is 0 Å². The van der Waals surface area contributed by atoms with Crippen LogP contribution in [-0.4, -0.2) is 0 Å². The van der Waals surface area contributed by atoms with Gasteiger partial charge in [-0.05, 0) is 49.4 Å². The number of rotatable bonds is 0. The normalized spacial score (nSPS) is 54.5. The summed E-state index contributed by atoms with van der Waals surface area (Å²) in [5.74, 6) is 4.78. The second-order valence-electron chi connectivity index (χ2n) is 4.93. The van der Waals surface area contributed by atoms with Gasteiger partial charge in [-0.15, -0.1) is 0 Å². The van der Waals surface area contributed by atoms with Crippen LogP contribution in [0.5, 0.6) is 0 Å². The molecule has 0 spiro atoms. The van der Waals surface area contributed by atoms with E-state index in [2.05, 4.69) is 0 Å². The van der Waals surface area contributed by atoms with E-state index < -0.39 is 0 Å². The van der Waals surface area contributed by atoms with Crippen molar-refractivity contribution in [3.8, 4) is 0 Å². The van der Waals surface area contributed by atoms with Gasteiger partial charge in [-0.1, -0.05) is 19.3 Å². The van der Waals surface area contributed by atoms with Gasteiger partial charge < -0.3 is 0 Å². The van der Waals surface area contributed by atoms with Crippen molar-refractivity contribution >= 4 is 0 Å². The van der Waals surface area contributed by atoms with Crippen LogP contribution in [0.25, 0.3) is 0 Å². The molecule has 0 saturated heterocycles. The second-order valence-corrected chi connectivity index (χ2v) is 4.93. The van der Waals surface area contributed by atoms with E-state index in [-0.39, 0.29) is 0 Å². The molecular formula is C11H18. The summed E-state index contributed by atoms with van der Waals surface area (Å²) in [6, 6.07) is 0. The minimum Gasteiger partial charge on any atom is -0.0528 e. The molecule has 0 nitrogen and oxygen atoms in total. The van der Waals surface area contributed by atoms with Crippen LogP contribution in [0.2, 0.25) is 0 Å². The third-order valence-electron chi connectivity index (χ3n) is 4.65. The van der Waals surface area contributed by atoms with Crippen LogP contribution in [0.3, 0.4) is 0 Å². The standard InChI is InChI=1S/C11H18/c1-2-8-4-6-10(8)11-7-5-9(11)3-1/h8-11H,1-7H2. The van der Waals surface area contributed by atoms with Gasteiger partial charge in [0.2, 0.25) is 0 Å². The van der Waals surface area contributed by atoms with E-state index in [4.69, 9.17) is 0 Å². The highest BCUT2D eigenvalue weighted by molar-refractivity contribution is 4.95. The lowest BCUT2D eigenvalue weighted by molar-refractivity contribution is 0.0218. The first-order valence-electron chi connectivity index (χ1n) is 5.45. The molecule has 0 heterocycles. The maximum Gasteiger partial charge on any atom is -0.0355 e. The Balaban J connectivity index is 1.77. The Morgan fingerprint density at radius 3 is 1.45 bits per heavy atom. The maximum absolute atomic E-state index is 1.59. The summed E-state index contributed by atoms with van der Waals surface area (Å²) in [4.78, 5) is 0. The van der Waals surface area contributed by atoms with E-state index in [1.54, 1.807) is 44.9 Å². The second kappa shape index (κ2) is 2.24. The Labute approximate surface area is 69.4 Å². The molecule has 0 heteroatoms. The molecule has 0 N–H and O–H groups in total. The first kappa shape index (κ1) is 6.51. The van der Waals surface area contributed by atoms with Gasteiger partial charge in [0, 0.05) is 0 Å². The summed E-state index contributed by atoms with van der Waals surface area (Å²) in [6.45, 7) is 0. The van der Waals surface area contributed by atoms with Crippen LogP contribution in [0.4, 0.5) is 0 Å². The predicted molar refractivity (Wildman–Crippen MR) is 46.3 cm³/mol. The fraction of sp³-hybridized carbons (Fsp3) is 1.00. The lowest BCUT2D eigenvalue weighted by atomic mass is 9.58. The maximum atomic E-state index is 1.59. The smallest absolute Gasteiger partial charge is 0.0355 e. The van der Waals surface area contributed by atoms with Crippen molar-refractivity contribution in [1.29, 1.82) is 0 Å². The topological polar surface area (TPSA) is 0 Å². The van der Waals surface area contributed by atoms with E-state index >= 15 is 0 Å². The van der Waals surface area contributed by atoms with Crippen molar-refractivity contribution in [1.82, 2.24) is 0 Å². The van der Waals surface area contributed by atoms with Gasteiger partial charge in [0.25, 0.3) is 0 Å². The van der Waals surface area contributed by atoms with Crippen LogP contribution in [0, 0.1) is 23.7 Å². The minimum absolute atomic E-state index is 1.19. The molecule has 4 atom stereocenters. The van der Waals surface area contributed by atoms with Crippen molar-refractivity contribution < 1.29 is 0 Å². The van der Waals surface area contributed by atoms with Crippen molar-refractivity contribution in [3.63, 3.8) is 0 Å². The molecule has 3 fully saturated rings. The average Bonchev–Trinajstić information content (AvgIpc) is 1.99. The molecule has 3 aliphatic carbocycles. The fourth-order valence-electron chi connectivity index (χ4n) is 3.68. The molecule has 0 aromatic rings. The molecule has 0 aromatic heterocycles. The van der Waals surface area contributed by atoms with Crippen molar-refractivity contribution in [3.05, 3.63) is 0 Å². The van der Waals surface area contributed by atoms with E-state index in [1.807, 2.05) is 0 Å². The van der Waals surface area contributed by atoms with Crippen LogP contribution >= 0.6 is 0 Å². The SMILES string of the molecule is C1CC2CCC2C2CCC2C1. The van der Waals surface area contributed by atoms with Crippen molar-refractivity contribution in [2.75, 3.05) is 0 Å². The van der Waals surface area contributed by atoms with Gasteiger partial charge in [-0.2, -0.15) is 0 Å². The summed E-state index contributed by atoms with van der Waals surface area (Å²) in [6.07, 6.45) is 11.1. The van der Waals surface area contributed by atoms with E-state index in [0.717, 1.165) is 0 Å². The Kier molecular flexibility index (Phi) is 1.33. The zero-order valence-electron chi connectivity index (χ0n) is 7.26. The van der Waals surface area contributed by atoms with E-state index in [0.29, 0.717) is 0 Å². The van der Waals surface area contributed by atoms with E-state index in [1.165, 1.54) is 23.7 Å². The summed E-state index contributed by atoms with van der Waals surface area (Å²) in [5.41, 5.74) is 0. The molecular weight excluding hydrogens is 132 g/mol. The first-order valence-corrected chi connectivity index (χ1v) is 5.45. The Morgan fingerprint density at radius 2 is 1.09 bits per heavy atom. The van der Waals surface area contributed by atoms with Crippen molar-refractivity contribution in [2.45, 2.75) is 44.9 Å². The minimum atomic E-state index is 1.19. The number of fused-ring (bicyclic) bond motifs is 3. The van der Waals surface area contributed by atoms with Crippen LogP contribution < -0.4 is 0 Å². The van der Waals surface area contributed by atoms with Crippen LogP contribution in [0.1, 0.15) is 44.9 Å². The third kappa shape index (κ3) is 0.816. The summed E-state index contributed by atoms with van der Waals surface area (Å²) >= 11 is 0. The summed E-state index contributed by atoms with van der Waals surface area (Å²) in [7, 11) is 0. The molecule has 11 heavy (non-hydrogen) atoms. The predicted octanol–water partition coefficient (Wildman–Crippen LogP) is 3.22. The fourth-order valence-corrected chi connectivity index (χ4v) is 3.68. The van der Waals surface area contributed by atoms with Gasteiger partial charge in [0.05, 0.1) is 0 Å². The average molecular weight is 150 g/mol. The number of hydrogen-bond donors (Lipinski definition) is 0. The molecule has 0 amide bonds. The quantitative estimate of drug-likeness (QED) is 0.497. The summed E-state index contributed by atoms with van der Waals surface area (Å²) < 4.78 is 0. The van der Waals surface area contributed by atoms with Gasteiger partial charge in [0.15, 0.2) is 0 Å². The zero-order valence-corrected chi connectivity index (χ0v) is 7.26. The monoisotopic (exact) mass is 150 g/mol. The summed E-state index contributed by atoms with van der Waals surface area (Å²) in [5, 5.41) is 0. The third-order valence-corrected chi connectivity index (χ3v) is 4.65. The van der Waals surface area contributed by atoms with Gasteiger partial charge in [-0.3, -0.25) is 0 Å². The zero-order chi connectivity index (χ0) is 7.26. The van der Waals surface area contributed by atoms with Crippen molar-refractivity contribution in [2.24, 2.45) is 23.7 Å². The molecule has 62 valence electrons. The van der Waals surface area contributed by atoms with Crippen LogP contribution in [0.15, 0.2) is 0 Å². The Bertz CT molecular complexity index is 143. The molecule has 3 saturated carbocycles. The molecule has 0 radical (unpaired) electrons. The molecule has 3 aliphatic rings. The number of hydrogen-bond acceptors (Lipinski definition) is 0. The lowest BCUT2D eigenvalue weighted by Crippen LogP contribution is -2.39. The van der Waals surface area contributed by atoms with Gasteiger partial charge >= 0.3 is 0 Å². The largest absolute Gasteiger partial charge is 0.0528 e. The molecule has 0 bridgehead atoms. The van der Waals surface area contributed by atoms with Gasteiger partial charge in [-0.25, -0.2) is 0 Å². The van der Waals surface area contributed by atoms with Crippen LogP contribution in [-0.2, 0) is 0 Å². The molecule has 3 rings (SSSR count). The lowest BCUT2D eigenvalue weighted by Gasteiger charge is -2.48. The first-order chi connectivity index (χ1) is 5.45. The molecule has 4 unspecified atom stereocenters. The molecule has 0 aromatic carbocycles. The Morgan fingerprint density at radius 1 is 0.545 bits per heavy atom. The molecule has 0 aliphatic heterocycles. The highest BCUT2D eigenvalue weighted by Gasteiger charge is 2.45.